The quantitative estimate of drug-likeness (QED) is 0.882. The van der Waals surface area contributed by atoms with E-state index in [-0.39, 0.29) is 18.1 Å². The van der Waals surface area contributed by atoms with Crippen molar-refractivity contribution in [3.63, 3.8) is 0 Å². The van der Waals surface area contributed by atoms with Gasteiger partial charge in [-0.3, -0.25) is 4.79 Å². The van der Waals surface area contributed by atoms with Crippen LogP contribution >= 0.6 is 0 Å². The molecule has 1 aliphatic heterocycles. The van der Waals surface area contributed by atoms with Crippen molar-refractivity contribution in [2.75, 3.05) is 20.8 Å². The summed E-state index contributed by atoms with van der Waals surface area (Å²) < 4.78 is 16.2. The molecule has 0 spiro atoms. The molecule has 118 valence electrons. The molecule has 0 radical (unpaired) electrons. The number of rotatable bonds is 3. The fourth-order valence-corrected chi connectivity index (χ4v) is 2.49. The topological polar surface area (TPSA) is 65.0 Å². The zero-order chi connectivity index (χ0) is 16.4. The van der Waals surface area contributed by atoms with Gasteiger partial charge in [-0.1, -0.05) is 12.1 Å². The summed E-state index contributed by atoms with van der Waals surface area (Å²) in [7, 11) is 3.04. The molecule has 3 rings (SSSR count). The maximum absolute atomic E-state index is 12.7. The molecule has 0 unspecified atom stereocenters. The predicted molar refractivity (Wildman–Crippen MR) is 85.5 cm³/mol. The average Bonchev–Trinajstić information content (AvgIpc) is 2.58. The second kappa shape index (κ2) is 6.04. The number of carbonyl (C=O) groups is 1. The lowest BCUT2D eigenvalue weighted by Crippen LogP contribution is -2.19. The monoisotopic (exact) mass is 312 g/mol. The van der Waals surface area contributed by atoms with E-state index in [1.807, 2.05) is 0 Å². The molecule has 5 nitrogen and oxygen atoms in total. The third-order valence-electron chi connectivity index (χ3n) is 3.64. The molecule has 0 aromatic heterocycles. The largest absolute Gasteiger partial charge is 0.508 e. The van der Waals surface area contributed by atoms with Gasteiger partial charge in [-0.2, -0.15) is 0 Å². The Morgan fingerprint density at radius 3 is 2.48 bits per heavy atom. The third-order valence-corrected chi connectivity index (χ3v) is 3.64. The van der Waals surface area contributed by atoms with Crippen LogP contribution in [-0.4, -0.2) is 31.7 Å². The molecule has 0 amide bonds. The maximum Gasteiger partial charge on any atom is 0.204 e. The summed E-state index contributed by atoms with van der Waals surface area (Å²) in [6, 6.07) is 9.97. The van der Waals surface area contributed by atoms with Gasteiger partial charge in [-0.15, -0.1) is 0 Å². The Balaban J connectivity index is 1.99. The lowest BCUT2D eigenvalue weighted by atomic mass is 9.97. The first-order valence-corrected chi connectivity index (χ1v) is 7.06. The van der Waals surface area contributed by atoms with Gasteiger partial charge in [-0.25, -0.2) is 0 Å². The highest BCUT2D eigenvalue weighted by Gasteiger charge is 2.28. The molecular weight excluding hydrogens is 296 g/mol. The van der Waals surface area contributed by atoms with Crippen LogP contribution in [0, 0.1) is 0 Å². The minimum absolute atomic E-state index is 0.111. The number of fused-ring (bicyclic) bond motifs is 1. The summed E-state index contributed by atoms with van der Waals surface area (Å²) in [5.74, 6) is 1.41. The smallest absolute Gasteiger partial charge is 0.204 e. The highest BCUT2D eigenvalue weighted by Crippen LogP contribution is 2.42. The Bertz CT molecular complexity index is 775. The number of phenols is 1. The van der Waals surface area contributed by atoms with Crippen LogP contribution in [0.4, 0.5) is 0 Å². The van der Waals surface area contributed by atoms with E-state index < -0.39 is 0 Å². The number of phenolic OH excluding ortho intramolecular Hbond substituents is 1. The molecule has 0 saturated heterocycles. The molecule has 0 aliphatic carbocycles. The molecule has 0 saturated carbocycles. The minimum Gasteiger partial charge on any atom is -0.508 e. The van der Waals surface area contributed by atoms with Crippen LogP contribution < -0.4 is 14.2 Å². The first-order valence-electron chi connectivity index (χ1n) is 7.06. The van der Waals surface area contributed by atoms with Gasteiger partial charge in [0.2, 0.25) is 5.75 Å². The van der Waals surface area contributed by atoms with E-state index >= 15 is 0 Å². The highest BCUT2D eigenvalue weighted by atomic mass is 16.5. The van der Waals surface area contributed by atoms with Gasteiger partial charge in [-0.05, 0) is 35.9 Å². The number of benzene rings is 2. The fraction of sp³-hybridized carbons (Fsp3) is 0.167. The third kappa shape index (κ3) is 2.73. The Kier molecular flexibility index (Phi) is 3.93. The molecule has 5 heteroatoms. The molecule has 2 aromatic rings. The molecular formula is C18H16O5. The van der Waals surface area contributed by atoms with Crippen LogP contribution in [0.15, 0.2) is 42.0 Å². The van der Waals surface area contributed by atoms with Crippen molar-refractivity contribution < 1.29 is 24.1 Å². The first-order chi connectivity index (χ1) is 11.1. The van der Waals surface area contributed by atoms with Crippen LogP contribution in [0.5, 0.6) is 23.0 Å². The predicted octanol–water partition coefficient (Wildman–Crippen LogP) is 3.07. The molecule has 0 fully saturated rings. The van der Waals surface area contributed by atoms with Crippen molar-refractivity contribution in [2.24, 2.45) is 0 Å². The van der Waals surface area contributed by atoms with E-state index in [1.165, 1.54) is 14.2 Å². The number of ether oxygens (including phenoxy) is 3. The number of aromatic hydroxyl groups is 1. The van der Waals surface area contributed by atoms with Gasteiger partial charge in [0, 0.05) is 5.57 Å². The summed E-state index contributed by atoms with van der Waals surface area (Å²) in [6.45, 7) is 0.149. The maximum atomic E-state index is 12.7. The summed E-state index contributed by atoms with van der Waals surface area (Å²) in [6.07, 6.45) is 1.75. The summed E-state index contributed by atoms with van der Waals surface area (Å²) in [4.78, 5) is 12.7. The van der Waals surface area contributed by atoms with Crippen LogP contribution in [-0.2, 0) is 0 Å². The van der Waals surface area contributed by atoms with Crippen LogP contribution in [0.25, 0.3) is 6.08 Å². The van der Waals surface area contributed by atoms with Gasteiger partial charge >= 0.3 is 0 Å². The van der Waals surface area contributed by atoms with Crippen molar-refractivity contribution in [1.82, 2.24) is 0 Å². The number of ketones is 1. The fourth-order valence-electron chi connectivity index (χ4n) is 2.49. The summed E-state index contributed by atoms with van der Waals surface area (Å²) in [5.41, 5.74) is 1.80. The van der Waals surface area contributed by atoms with Crippen molar-refractivity contribution in [3.05, 3.63) is 53.1 Å². The van der Waals surface area contributed by atoms with Gasteiger partial charge < -0.3 is 19.3 Å². The Morgan fingerprint density at radius 1 is 1.09 bits per heavy atom. The molecule has 1 N–H and O–H groups in total. The van der Waals surface area contributed by atoms with Crippen LogP contribution in [0.3, 0.4) is 0 Å². The normalized spacial score (nSPS) is 15.0. The number of methoxy groups -OCH3 is 2. The number of hydrogen-bond acceptors (Lipinski definition) is 5. The Hall–Kier alpha value is -2.95. The van der Waals surface area contributed by atoms with E-state index in [0.717, 1.165) is 5.56 Å². The Morgan fingerprint density at radius 2 is 1.83 bits per heavy atom. The Labute approximate surface area is 133 Å². The first kappa shape index (κ1) is 15.0. The number of carbonyl (C=O) groups excluding carboxylic acids is 1. The highest BCUT2D eigenvalue weighted by molar-refractivity contribution is 6.14. The molecule has 1 heterocycles. The summed E-state index contributed by atoms with van der Waals surface area (Å²) >= 11 is 0. The van der Waals surface area contributed by atoms with E-state index in [4.69, 9.17) is 14.2 Å². The van der Waals surface area contributed by atoms with Crippen molar-refractivity contribution >= 4 is 11.9 Å². The molecule has 1 aliphatic rings. The molecule has 0 bridgehead atoms. The van der Waals surface area contributed by atoms with Gasteiger partial charge in [0.25, 0.3) is 0 Å². The summed E-state index contributed by atoms with van der Waals surface area (Å²) in [5, 5.41) is 9.31. The van der Waals surface area contributed by atoms with E-state index in [0.29, 0.717) is 28.4 Å². The lowest BCUT2D eigenvalue weighted by Gasteiger charge is -2.22. The zero-order valence-corrected chi connectivity index (χ0v) is 12.8. The molecule has 2 aromatic carbocycles. The standard InChI is InChI=1S/C18H16O5/c1-21-15-8-7-14-16(20)12(10-23-17(14)18(15)22-2)9-11-3-5-13(19)6-4-11/h3-9,19H,10H2,1-2H3. The number of hydrogen-bond donors (Lipinski definition) is 1. The molecule has 23 heavy (non-hydrogen) atoms. The van der Waals surface area contributed by atoms with E-state index in [1.54, 1.807) is 42.5 Å². The van der Waals surface area contributed by atoms with Gasteiger partial charge in [0.1, 0.15) is 12.4 Å². The van der Waals surface area contributed by atoms with Crippen molar-refractivity contribution in [2.45, 2.75) is 0 Å². The molecule has 0 atom stereocenters. The second-order valence-electron chi connectivity index (χ2n) is 5.06. The van der Waals surface area contributed by atoms with Crippen LogP contribution in [0.2, 0.25) is 0 Å². The van der Waals surface area contributed by atoms with Crippen molar-refractivity contribution in [3.8, 4) is 23.0 Å². The lowest BCUT2D eigenvalue weighted by molar-refractivity contribution is 0.0998. The van der Waals surface area contributed by atoms with Gasteiger partial charge in [0.15, 0.2) is 17.3 Å². The number of Topliss-reactive ketones (excluding diaryl/α,β-unsaturated/α-hetero) is 1. The zero-order valence-electron chi connectivity index (χ0n) is 12.8. The second-order valence-corrected chi connectivity index (χ2v) is 5.06. The van der Waals surface area contributed by atoms with E-state index in [2.05, 4.69) is 0 Å². The SMILES string of the molecule is COc1ccc2c(c1OC)OCC(=Cc1ccc(O)cc1)C2=O. The van der Waals surface area contributed by atoms with Gasteiger partial charge in [0.05, 0.1) is 19.8 Å². The minimum atomic E-state index is -0.111. The average molecular weight is 312 g/mol. The van der Waals surface area contributed by atoms with Crippen molar-refractivity contribution in [1.29, 1.82) is 0 Å². The van der Waals surface area contributed by atoms with E-state index in [9.17, 15) is 9.90 Å². The van der Waals surface area contributed by atoms with Crippen LogP contribution in [0.1, 0.15) is 15.9 Å².